The van der Waals surface area contributed by atoms with E-state index in [4.69, 9.17) is 16.3 Å². The Morgan fingerprint density at radius 2 is 1.70 bits per heavy atom. The van der Waals surface area contributed by atoms with Crippen molar-refractivity contribution in [3.63, 3.8) is 0 Å². The van der Waals surface area contributed by atoms with Crippen LogP contribution in [0.3, 0.4) is 0 Å². The fraction of sp³-hybridized carbons (Fsp3) is 0.227. The molecule has 7 nitrogen and oxygen atoms in total. The molecule has 2 heterocycles. The average molecular weight is 425 g/mol. The molecule has 30 heavy (non-hydrogen) atoms. The van der Waals surface area contributed by atoms with Gasteiger partial charge in [0.1, 0.15) is 5.75 Å². The minimum absolute atomic E-state index is 0.249. The number of hydrogen-bond acceptors (Lipinski definition) is 4. The van der Waals surface area contributed by atoms with Gasteiger partial charge in [0, 0.05) is 19.1 Å². The van der Waals surface area contributed by atoms with E-state index in [9.17, 15) is 9.59 Å². The Labute approximate surface area is 177 Å². The van der Waals surface area contributed by atoms with Gasteiger partial charge >= 0.3 is 11.7 Å². The predicted octanol–water partition coefficient (Wildman–Crippen LogP) is 3.49. The van der Waals surface area contributed by atoms with E-state index in [1.54, 1.807) is 23.7 Å². The van der Waals surface area contributed by atoms with Gasteiger partial charge in [-0.3, -0.25) is 18.5 Å². The standard InChI is InChI=1S/C22H21ClN4O3/c1-4-15-7-5-6-8-17(15)30-21-24-19-18(20(28)26(3)22(29)25(19)2)27(21)13-14-9-11-16(23)12-10-14/h5-12H,4,13H2,1-3H3. The Bertz CT molecular complexity index is 1350. The molecule has 0 aliphatic rings. The lowest BCUT2D eigenvalue weighted by molar-refractivity contribution is 0.417. The van der Waals surface area contributed by atoms with Crippen LogP contribution in [-0.4, -0.2) is 18.7 Å². The highest BCUT2D eigenvalue weighted by Crippen LogP contribution is 2.28. The molecule has 2 aromatic carbocycles. The molecule has 4 aromatic rings. The summed E-state index contributed by atoms with van der Waals surface area (Å²) in [6.07, 6.45) is 0.786. The van der Waals surface area contributed by atoms with Gasteiger partial charge in [-0.15, -0.1) is 0 Å². The molecule has 154 valence electrons. The summed E-state index contributed by atoms with van der Waals surface area (Å²) in [6.45, 7) is 2.38. The van der Waals surface area contributed by atoms with Crippen molar-refractivity contribution in [2.45, 2.75) is 19.9 Å². The molecule has 0 fully saturated rings. The van der Waals surface area contributed by atoms with Crippen LogP contribution in [-0.2, 0) is 27.1 Å². The Balaban J connectivity index is 1.95. The highest BCUT2D eigenvalue weighted by molar-refractivity contribution is 6.30. The lowest BCUT2D eigenvalue weighted by Crippen LogP contribution is -2.37. The lowest BCUT2D eigenvalue weighted by Gasteiger charge is -2.12. The molecule has 2 aromatic heterocycles. The third kappa shape index (κ3) is 3.41. The summed E-state index contributed by atoms with van der Waals surface area (Å²) in [7, 11) is 3.05. The Morgan fingerprint density at radius 1 is 1.00 bits per heavy atom. The summed E-state index contributed by atoms with van der Waals surface area (Å²) in [5.41, 5.74) is 1.66. The van der Waals surface area contributed by atoms with Gasteiger partial charge in [-0.2, -0.15) is 4.98 Å². The molecule has 0 bridgehead atoms. The van der Waals surface area contributed by atoms with E-state index in [-0.39, 0.29) is 11.7 Å². The van der Waals surface area contributed by atoms with Gasteiger partial charge in [0.2, 0.25) is 0 Å². The fourth-order valence-corrected chi connectivity index (χ4v) is 3.54. The van der Waals surface area contributed by atoms with E-state index in [0.717, 1.165) is 22.1 Å². The van der Waals surface area contributed by atoms with Crippen LogP contribution in [0.2, 0.25) is 5.02 Å². The van der Waals surface area contributed by atoms with Crippen LogP contribution in [0.1, 0.15) is 18.1 Å². The van der Waals surface area contributed by atoms with Gasteiger partial charge in [-0.25, -0.2) is 4.79 Å². The Kier molecular flexibility index (Phi) is 5.22. The molecule has 0 radical (unpaired) electrons. The van der Waals surface area contributed by atoms with Crippen molar-refractivity contribution in [1.29, 1.82) is 0 Å². The third-order valence-corrected chi connectivity index (χ3v) is 5.37. The van der Waals surface area contributed by atoms with Crippen molar-refractivity contribution in [3.8, 4) is 11.8 Å². The molecule has 0 N–H and O–H groups in total. The zero-order valence-corrected chi connectivity index (χ0v) is 17.7. The number of aromatic nitrogens is 4. The molecule has 0 spiro atoms. The quantitative estimate of drug-likeness (QED) is 0.491. The van der Waals surface area contributed by atoms with E-state index in [1.807, 2.05) is 43.3 Å². The van der Waals surface area contributed by atoms with Crippen LogP contribution < -0.4 is 16.0 Å². The monoisotopic (exact) mass is 424 g/mol. The maximum atomic E-state index is 13.0. The molecule has 0 aliphatic heterocycles. The topological polar surface area (TPSA) is 71.1 Å². The number of rotatable bonds is 5. The van der Waals surface area contributed by atoms with Crippen molar-refractivity contribution in [2.75, 3.05) is 0 Å². The summed E-state index contributed by atoms with van der Waals surface area (Å²) >= 11 is 6.01. The van der Waals surface area contributed by atoms with Gasteiger partial charge < -0.3 is 4.74 Å². The van der Waals surface area contributed by atoms with E-state index in [0.29, 0.717) is 22.8 Å². The zero-order chi connectivity index (χ0) is 21.4. The molecule has 4 rings (SSSR count). The molecule has 0 unspecified atom stereocenters. The van der Waals surface area contributed by atoms with Crippen LogP contribution >= 0.6 is 11.6 Å². The van der Waals surface area contributed by atoms with Gasteiger partial charge in [0.15, 0.2) is 11.2 Å². The van der Waals surface area contributed by atoms with Gasteiger partial charge in [-0.1, -0.05) is 48.9 Å². The smallest absolute Gasteiger partial charge is 0.332 e. The largest absolute Gasteiger partial charge is 0.425 e. The number of benzene rings is 2. The molecule has 0 aliphatic carbocycles. The summed E-state index contributed by atoms with van der Waals surface area (Å²) in [5.74, 6) is 0.662. The number of imidazole rings is 1. The van der Waals surface area contributed by atoms with Crippen LogP contribution in [0.5, 0.6) is 11.8 Å². The maximum absolute atomic E-state index is 13.0. The van der Waals surface area contributed by atoms with Crippen molar-refractivity contribution in [2.24, 2.45) is 14.1 Å². The summed E-state index contributed by atoms with van der Waals surface area (Å²) in [4.78, 5) is 29.9. The van der Waals surface area contributed by atoms with Gasteiger partial charge in [0.25, 0.3) is 5.56 Å². The summed E-state index contributed by atoms with van der Waals surface area (Å²) in [6, 6.07) is 15.3. The van der Waals surface area contributed by atoms with Gasteiger partial charge in [0.05, 0.1) is 6.54 Å². The van der Waals surface area contributed by atoms with Crippen LogP contribution in [0.4, 0.5) is 0 Å². The SMILES string of the molecule is CCc1ccccc1Oc1nc2c(c(=O)n(C)c(=O)n2C)n1Cc1ccc(Cl)cc1. The molecule has 0 saturated carbocycles. The minimum Gasteiger partial charge on any atom is -0.425 e. The second-order valence-electron chi connectivity index (χ2n) is 7.05. The Hall–Kier alpha value is -3.32. The summed E-state index contributed by atoms with van der Waals surface area (Å²) < 4.78 is 10.3. The molecule has 0 saturated heterocycles. The van der Waals surface area contributed by atoms with E-state index in [1.165, 1.54) is 11.6 Å². The van der Waals surface area contributed by atoms with Crippen LogP contribution in [0.25, 0.3) is 11.2 Å². The second kappa shape index (κ2) is 7.84. The van der Waals surface area contributed by atoms with E-state index < -0.39 is 11.2 Å². The lowest BCUT2D eigenvalue weighted by atomic mass is 10.1. The number of hydrogen-bond donors (Lipinski definition) is 0. The van der Waals surface area contributed by atoms with Crippen molar-refractivity contribution >= 4 is 22.8 Å². The third-order valence-electron chi connectivity index (χ3n) is 5.12. The number of ether oxygens (including phenoxy) is 1. The van der Waals surface area contributed by atoms with Crippen molar-refractivity contribution < 1.29 is 4.74 Å². The number of fused-ring (bicyclic) bond motifs is 1. The molecule has 8 heteroatoms. The van der Waals surface area contributed by atoms with Crippen LogP contribution in [0.15, 0.2) is 58.1 Å². The zero-order valence-electron chi connectivity index (χ0n) is 16.9. The first-order valence-electron chi connectivity index (χ1n) is 9.57. The fourth-order valence-electron chi connectivity index (χ4n) is 3.42. The highest BCUT2D eigenvalue weighted by atomic mass is 35.5. The Morgan fingerprint density at radius 3 is 2.40 bits per heavy atom. The molecule has 0 atom stereocenters. The number of halogens is 1. The van der Waals surface area contributed by atoms with E-state index in [2.05, 4.69) is 4.98 Å². The summed E-state index contributed by atoms with van der Waals surface area (Å²) in [5, 5.41) is 0.626. The molecular weight excluding hydrogens is 404 g/mol. The van der Waals surface area contributed by atoms with E-state index >= 15 is 0 Å². The predicted molar refractivity (Wildman–Crippen MR) is 117 cm³/mol. The highest BCUT2D eigenvalue weighted by Gasteiger charge is 2.21. The normalized spacial score (nSPS) is 11.2. The molecule has 0 amide bonds. The first-order valence-corrected chi connectivity index (χ1v) is 9.95. The van der Waals surface area contributed by atoms with Crippen molar-refractivity contribution in [3.05, 3.63) is 85.5 Å². The van der Waals surface area contributed by atoms with Crippen LogP contribution in [0, 0.1) is 0 Å². The average Bonchev–Trinajstić information content (AvgIpc) is 3.10. The first kappa shape index (κ1) is 20.0. The first-order chi connectivity index (χ1) is 14.4. The maximum Gasteiger partial charge on any atom is 0.332 e. The second-order valence-corrected chi connectivity index (χ2v) is 7.48. The molecular formula is C22H21ClN4O3. The number of para-hydroxylation sites is 1. The van der Waals surface area contributed by atoms with Crippen molar-refractivity contribution in [1.82, 2.24) is 18.7 Å². The minimum atomic E-state index is -0.441. The number of aryl methyl sites for hydroxylation is 2. The van der Waals surface area contributed by atoms with Gasteiger partial charge in [-0.05, 0) is 35.7 Å². The number of nitrogens with zero attached hydrogens (tertiary/aromatic N) is 4.